The summed E-state index contributed by atoms with van der Waals surface area (Å²) in [5.74, 6) is 0.488. The minimum absolute atomic E-state index is 0.263. The van der Waals surface area contributed by atoms with Gasteiger partial charge >= 0.3 is 12.3 Å². The van der Waals surface area contributed by atoms with E-state index in [4.69, 9.17) is 14.7 Å². The summed E-state index contributed by atoms with van der Waals surface area (Å²) in [6.45, 7) is 5.24. The van der Waals surface area contributed by atoms with Crippen molar-refractivity contribution < 1.29 is 27.4 Å². The van der Waals surface area contributed by atoms with Crippen LogP contribution < -0.4 is 4.74 Å². The SMILES string of the molecule is CCN1CC2(CCN(CC[C@H](Oc3ccc(C#N)cc3)c3cccc(C(F)(F)F)c3)CC2)OC1=O. The maximum atomic E-state index is 13.3. The van der Waals surface area contributed by atoms with Crippen molar-refractivity contribution in [1.82, 2.24) is 9.80 Å². The molecule has 6 nitrogen and oxygen atoms in total. The lowest BCUT2D eigenvalue weighted by Crippen LogP contribution is -2.47. The van der Waals surface area contributed by atoms with Crippen LogP contribution in [0.2, 0.25) is 0 Å². The van der Waals surface area contributed by atoms with Gasteiger partial charge in [-0.3, -0.25) is 0 Å². The summed E-state index contributed by atoms with van der Waals surface area (Å²) in [6, 6.07) is 13.8. The number of halogens is 3. The highest BCUT2D eigenvalue weighted by Gasteiger charge is 2.46. The summed E-state index contributed by atoms with van der Waals surface area (Å²) in [4.78, 5) is 16.0. The molecule has 2 fully saturated rings. The zero-order chi connectivity index (χ0) is 25.1. The van der Waals surface area contributed by atoms with Crippen LogP contribution in [0, 0.1) is 11.3 Å². The van der Waals surface area contributed by atoms with Gasteiger partial charge in [-0.1, -0.05) is 12.1 Å². The van der Waals surface area contributed by atoms with Gasteiger partial charge in [0, 0.05) is 45.4 Å². The minimum Gasteiger partial charge on any atom is -0.486 e. The van der Waals surface area contributed by atoms with Crippen LogP contribution in [-0.2, 0) is 10.9 Å². The van der Waals surface area contributed by atoms with Gasteiger partial charge in [0.2, 0.25) is 0 Å². The summed E-state index contributed by atoms with van der Waals surface area (Å²) < 4.78 is 51.8. The average Bonchev–Trinajstić information content (AvgIpc) is 3.17. The minimum atomic E-state index is -4.44. The number of alkyl halides is 3. The third-order valence-corrected chi connectivity index (χ3v) is 6.75. The first-order chi connectivity index (χ1) is 16.7. The molecule has 2 aromatic rings. The van der Waals surface area contributed by atoms with Crippen molar-refractivity contribution in [3.05, 3.63) is 65.2 Å². The molecule has 0 aromatic heterocycles. The molecule has 0 radical (unpaired) electrons. The van der Waals surface area contributed by atoms with Gasteiger partial charge in [-0.15, -0.1) is 0 Å². The largest absolute Gasteiger partial charge is 0.486 e. The van der Waals surface area contributed by atoms with E-state index in [1.54, 1.807) is 35.2 Å². The number of hydrogen-bond acceptors (Lipinski definition) is 5. The lowest BCUT2D eigenvalue weighted by Gasteiger charge is -2.37. The van der Waals surface area contributed by atoms with Crippen molar-refractivity contribution >= 4 is 6.09 Å². The number of nitrogens with zero attached hydrogens (tertiary/aromatic N) is 3. The maximum Gasteiger partial charge on any atom is 0.416 e. The van der Waals surface area contributed by atoms with Gasteiger partial charge in [0.1, 0.15) is 17.5 Å². The normalized spacial score (nSPS) is 18.8. The molecule has 35 heavy (non-hydrogen) atoms. The lowest BCUT2D eigenvalue weighted by atomic mass is 9.91. The molecule has 1 amide bonds. The summed E-state index contributed by atoms with van der Waals surface area (Å²) in [5, 5.41) is 9.01. The second-order valence-electron chi connectivity index (χ2n) is 9.06. The van der Waals surface area contributed by atoms with Gasteiger partial charge in [0.15, 0.2) is 0 Å². The van der Waals surface area contributed by atoms with Crippen LogP contribution in [0.3, 0.4) is 0 Å². The van der Waals surface area contributed by atoms with Crippen molar-refractivity contribution in [3.63, 3.8) is 0 Å². The van der Waals surface area contributed by atoms with Gasteiger partial charge in [0.05, 0.1) is 23.7 Å². The van der Waals surface area contributed by atoms with Crippen LogP contribution in [0.15, 0.2) is 48.5 Å². The molecule has 0 aliphatic carbocycles. The molecule has 0 bridgehead atoms. The molecule has 4 rings (SSSR count). The van der Waals surface area contributed by atoms with Crippen molar-refractivity contribution in [2.75, 3.05) is 32.7 Å². The van der Waals surface area contributed by atoms with Crippen LogP contribution in [0.4, 0.5) is 18.0 Å². The Morgan fingerprint density at radius 1 is 1.17 bits per heavy atom. The van der Waals surface area contributed by atoms with Gasteiger partial charge in [-0.05, 0) is 48.9 Å². The number of benzene rings is 2. The number of carbonyl (C=O) groups excluding carboxylic acids is 1. The standard InChI is InChI=1S/C26H28F3N3O3/c1-2-32-18-25(35-24(32)33)11-14-31(15-12-25)13-10-23(34-22-8-6-19(17-30)7-9-22)20-4-3-5-21(16-20)26(27,28)29/h3-9,16,23H,2,10-15,18H2,1H3/t23-/m0/s1. The number of nitriles is 1. The quantitative estimate of drug-likeness (QED) is 0.524. The van der Waals surface area contributed by atoms with E-state index in [1.165, 1.54) is 6.07 Å². The van der Waals surface area contributed by atoms with Gasteiger partial charge in [-0.25, -0.2) is 4.79 Å². The second kappa shape index (κ2) is 10.2. The monoisotopic (exact) mass is 487 g/mol. The zero-order valence-corrected chi connectivity index (χ0v) is 19.6. The Morgan fingerprint density at radius 3 is 2.49 bits per heavy atom. The number of piperidine rings is 1. The van der Waals surface area contributed by atoms with Gasteiger partial charge < -0.3 is 19.3 Å². The maximum absolute atomic E-state index is 13.3. The molecule has 2 aliphatic rings. The number of likely N-dealkylation sites (tertiary alicyclic amines) is 1. The fraction of sp³-hybridized carbons (Fsp3) is 0.462. The third kappa shape index (κ3) is 5.88. The number of likely N-dealkylation sites (N-methyl/N-ethyl adjacent to an activating group) is 1. The van der Waals surface area contributed by atoms with Crippen LogP contribution >= 0.6 is 0 Å². The summed E-state index contributed by atoms with van der Waals surface area (Å²) >= 11 is 0. The predicted molar refractivity (Wildman–Crippen MR) is 123 cm³/mol. The Balaban J connectivity index is 1.44. The van der Waals surface area contributed by atoms with Crippen molar-refractivity contribution in [3.8, 4) is 11.8 Å². The predicted octanol–water partition coefficient (Wildman–Crippen LogP) is 5.39. The van der Waals surface area contributed by atoms with Crippen molar-refractivity contribution in [1.29, 1.82) is 5.26 Å². The fourth-order valence-electron chi connectivity index (χ4n) is 4.66. The Morgan fingerprint density at radius 2 is 1.89 bits per heavy atom. The summed E-state index contributed by atoms with van der Waals surface area (Å²) in [5.41, 5.74) is -0.236. The molecule has 1 spiro atoms. The topological polar surface area (TPSA) is 65.8 Å². The number of ether oxygens (including phenoxy) is 2. The van der Waals surface area contributed by atoms with E-state index in [-0.39, 0.29) is 6.09 Å². The molecule has 2 aromatic carbocycles. The molecule has 0 saturated carbocycles. The van der Waals surface area contributed by atoms with Gasteiger partial charge in [0.25, 0.3) is 0 Å². The number of rotatable bonds is 7. The molecule has 9 heteroatoms. The van der Waals surface area contributed by atoms with Crippen LogP contribution in [-0.4, -0.2) is 54.2 Å². The molecular weight excluding hydrogens is 459 g/mol. The second-order valence-corrected chi connectivity index (χ2v) is 9.06. The van der Waals surface area contributed by atoms with E-state index in [9.17, 15) is 18.0 Å². The van der Waals surface area contributed by atoms with Crippen LogP contribution in [0.25, 0.3) is 0 Å². The molecule has 2 aliphatic heterocycles. The third-order valence-electron chi connectivity index (χ3n) is 6.75. The smallest absolute Gasteiger partial charge is 0.416 e. The van der Waals surface area contributed by atoms with Crippen LogP contribution in [0.1, 0.15) is 49.0 Å². The lowest BCUT2D eigenvalue weighted by molar-refractivity contribution is -0.137. The highest BCUT2D eigenvalue weighted by molar-refractivity contribution is 5.70. The molecule has 0 N–H and O–H groups in total. The Labute approximate surface area is 202 Å². The molecule has 2 saturated heterocycles. The molecule has 0 unspecified atom stereocenters. The molecule has 1 atom stereocenters. The highest BCUT2D eigenvalue weighted by atomic mass is 19.4. The summed E-state index contributed by atoms with van der Waals surface area (Å²) in [7, 11) is 0. The van der Waals surface area contributed by atoms with E-state index in [0.717, 1.165) is 38.1 Å². The van der Waals surface area contributed by atoms with Crippen LogP contribution in [0.5, 0.6) is 5.75 Å². The van der Waals surface area contributed by atoms with E-state index >= 15 is 0 Å². The Kier molecular flexibility index (Phi) is 7.22. The first kappa shape index (κ1) is 24.9. The first-order valence-electron chi connectivity index (χ1n) is 11.8. The number of hydrogen-bond donors (Lipinski definition) is 0. The number of amides is 1. The van der Waals surface area contributed by atoms with Crippen molar-refractivity contribution in [2.24, 2.45) is 0 Å². The molecule has 2 heterocycles. The molecule has 186 valence electrons. The van der Waals surface area contributed by atoms with E-state index in [1.807, 2.05) is 13.0 Å². The van der Waals surface area contributed by atoms with Gasteiger partial charge in [-0.2, -0.15) is 18.4 Å². The Bertz CT molecular complexity index is 1070. The van der Waals surface area contributed by atoms with E-state index in [0.29, 0.717) is 42.9 Å². The number of carbonyl (C=O) groups is 1. The average molecular weight is 488 g/mol. The summed E-state index contributed by atoms with van der Waals surface area (Å²) in [6.07, 6.45) is -3.38. The first-order valence-corrected chi connectivity index (χ1v) is 11.8. The van der Waals surface area contributed by atoms with Crippen molar-refractivity contribution in [2.45, 2.75) is 44.1 Å². The van der Waals surface area contributed by atoms with E-state index in [2.05, 4.69) is 4.90 Å². The zero-order valence-electron chi connectivity index (χ0n) is 19.6. The Hall–Kier alpha value is -3.25. The highest BCUT2D eigenvalue weighted by Crippen LogP contribution is 2.35. The molecular formula is C26H28F3N3O3. The van der Waals surface area contributed by atoms with E-state index < -0.39 is 23.4 Å². The fourth-order valence-corrected chi connectivity index (χ4v) is 4.66.